The quantitative estimate of drug-likeness (QED) is 0.590. The zero-order valence-corrected chi connectivity index (χ0v) is 8.27. The predicted octanol–water partition coefficient (Wildman–Crippen LogP) is -0.826. The van der Waals surface area contributed by atoms with E-state index in [1.807, 2.05) is 13.1 Å². The molecule has 0 saturated carbocycles. The molecule has 1 aromatic rings. The molecule has 5 nitrogen and oxygen atoms in total. The number of aromatic amines is 1. The number of hydrogen-bond donors (Lipinski definition) is 3. The third-order valence-corrected chi connectivity index (χ3v) is 2.70. The van der Waals surface area contributed by atoms with Crippen LogP contribution in [0.2, 0.25) is 0 Å². The van der Waals surface area contributed by atoms with Crippen LogP contribution in [0.25, 0.3) is 0 Å². The highest BCUT2D eigenvalue weighted by Crippen LogP contribution is 2.10. The molecule has 1 aromatic heterocycles. The van der Waals surface area contributed by atoms with Gasteiger partial charge in [-0.25, -0.2) is 0 Å². The molecule has 3 N–H and O–H groups in total. The lowest BCUT2D eigenvalue weighted by Crippen LogP contribution is -2.40. The average Bonchev–Trinajstić information content (AvgIpc) is 2.75. The van der Waals surface area contributed by atoms with Gasteiger partial charge < -0.3 is 10.4 Å². The zero-order chi connectivity index (χ0) is 9.97. The second-order valence-corrected chi connectivity index (χ2v) is 3.79. The summed E-state index contributed by atoms with van der Waals surface area (Å²) in [7, 11) is 2.02. The summed E-state index contributed by atoms with van der Waals surface area (Å²) in [4.78, 5) is 2.14. The first-order chi connectivity index (χ1) is 6.77. The first-order valence-electron chi connectivity index (χ1n) is 4.84. The Kier molecular flexibility index (Phi) is 2.81. The van der Waals surface area contributed by atoms with Crippen molar-refractivity contribution in [2.24, 2.45) is 0 Å². The molecule has 1 aliphatic heterocycles. The van der Waals surface area contributed by atoms with Gasteiger partial charge in [0.1, 0.15) is 0 Å². The minimum atomic E-state index is -0.261. The van der Waals surface area contributed by atoms with Gasteiger partial charge in [0.2, 0.25) is 0 Å². The molecule has 1 aliphatic rings. The van der Waals surface area contributed by atoms with Crippen LogP contribution in [-0.4, -0.2) is 52.5 Å². The number of rotatable bonds is 3. The summed E-state index contributed by atoms with van der Waals surface area (Å²) in [6.07, 6.45) is 1.48. The number of aliphatic hydroxyl groups is 1. The molecule has 0 aliphatic carbocycles. The highest BCUT2D eigenvalue weighted by molar-refractivity contribution is 4.98. The molecular weight excluding hydrogens is 180 g/mol. The van der Waals surface area contributed by atoms with E-state index in [4.69, 9.17) is 0 Å². The molecule has 5 heteroatoms. The predicted molar refractivity (Wildman–Crippen MR) is 52.7 cm³/mol. The maximum atomic E-state index is 9.66. The Labute approximate surface area is 83.1 Å². The van der Waals surface area contributed by atoms with Crippen LogP contribution in [0.5, 0.6) is 0 Å². The molecule has 2 heterocycles. The average molecular weight is 196 g/mol. The van der Waals surface area contributed by atoms with Gasteiger partial charge in [0.15, 0.2) is 0 Å². The summed E-state index contributed by atoms with van der Waals surface area (Å²) in [6, 6.07) is 2.16. The van der Waals surface area contributed by atoms with Crippen LogP contribution in [0, 0.1) is 0 Å². The van der Waals surface area contributed by atoms with Crippen molar-refractivity contribution in [1.29, 1.82) is 0 Å². The lowest BCUT2D eigenvalue weighted by atomic mass is 10.2. The summed E-state index contributed by atoms with van der Waals surface area (Å²) in [5.41, 5.74) is 1.08. The van der Waals surface area contributed by atoms with E-state index in [0.717, 1.165) is 18.8 Å². The maximum Gasteiger partial charge on any atom is 0.0831 e. The highest BCUT2D eigenvalue weighted by Gasteiger charge is 2.28. The minimum absolute atomic E-state index is 0.207. The Bertz CT molecular complexity index is 274. The van der Waals surface area contributed by atoms with Gasteiger partial charge in [-0.1, -0.05) is 0 Å². The summed E-state index contributed by atoms with van der Waals surface area (Å²) in [6.45, 7) is 2.34. The Morgan fingerprint density at radius 1 is 1.64 bits per heavy atom. The fourth-order valence-corrected chi connectivity index (χ4v) is 1.86. The second kappa shape index (κ2) is 4.08. The van der Waals surface area contributed by atoms with Crippen LogP contribution >= 0.6 is 0 Å². The molecule has 0 aromatic carbocycles. The fourth-order valence-electron chi connectivity index (χ4n) is 1.86. The summed E-state index contributed by atoms with van der Waals surface area (Å²) >= 11 is 0. The smallest absolute Gasteiger partial charge is 0.0831 e. The van der Waals surface area contributed by atoms with Crippen molar-refractivity contribution in [2.45, 2.75) is 18.7 Å². The van der Waals surface area contributed by atoms with Gasteiger partial charge in [-0.15, -0.1) is 0 Å². The lowest BCUT2D eigenvalue weighted by Gasteiger charge is -2.25. The first-order valence-corrected chi connectivity index (χ1v) is 4.84. The van der Waals surface area contributed by atoms with Gasteiger partial charge in [-0.3, -0.25) is 10.00 Å². The van der Waals surface area contributed by atoms with Gasteiger partial charge in [0, 0.05) is 37.6 Å². The van der Waals surface area contributed by atoms with E-state index in [-0.39, 0.29) is 12.1 Å². The van der Waals surface area contributed by atoms with Crippen molar-refractivity contribution in [3.05, 3.63) is 18.0 Å². The van der Waals surface area contributed by atoms with Gasteiger partial charge in [0.05, 0.1) is 6.10 Å². The molecule has 1 saturated heterocycles. The molecule has 2 atom stereocenters. The molecule has 0 unspecified atom stereocenters. The van der Waals surface area contributed by atoms with Crippen LogP contribution in [0.1, 0.15) is 5.69 Å². The van der Waals surface area contributed by atoms with E-state index < -0.39 is 0 Å². The van der Waals surface area contributed by atoms with Crippen LogP contribution in [-0.2, 0) is 6.54 Å². The van der Waals surface area contributed by atoms with E-state index in [1.54, 1.807) is 6.20 Å². The first kappa shape index (κ1) is 9.64. The van der Waals surface area contributed by atoms with Crippen molar-refractivity contribution in [1.82, 2.24) is 20.4 Å². The minimum Gasteiger partial charge on any atom is -0.390 e. The normalized spacial score (nSPS) is 27.4. The van der Waals surface area contributed by atoms with Crippen molar-refractivity contribution in [3.63, 3.8) is 0 Å². The molecular formula is C9H16N4O. The third kappa shape index (κ3) is 1.95. The largest absolute Gasteiger partial charge is 0.390 e. The molecule has 1 fully saturated rings. The summed E-state index contributed by atoms with van der Waals surface area (Å²) in [5, 5.41) is 19.6. The molecule has 78 valence electrons. The molecule has 0 spiro atoms. The van der Waals surface area contributed by atoms with E-state index >= 15 is 0 Å². The second-order valence-electron chi connectivity index (χ2n) is 3.79. The maximum absolute atomic E-state index is 9.66. The number of nitrogens with zero attached hydrogens (tertiary/aromatic N) is 2. The number of aromatic nitrogens is 2. The zero-order valence-electron chi connectivity index (χ0n) is 8.27. The van der Waals surface area contributed by atoms with Crippen LogP contribution in [0.3, 0.4) is 0 Å². The molecule has 0 radical (unpaired) electrons. The van der Waals surface area contributed by atoms with Crippen LogP contribution in [0.4, 0.5) is 0 Å². The lowest BCUT2D eigenvalue weighted by molar-refractivity contribution is 0.0948. The molecule has 0 amide bonds. The third-order valence-electron chi connectivity index (χ3n) is 2.70. The van der Waals surface area contributed by atoms with Crippen molar-refractivity contribution in [2.75, 3.05) is 20.1 Å². The molecule has 14 heavy (non-hydrogen) atoms. The number of aliphatic hydroxyl groups excluding tert-OH is 1. The Morgan fingerprint density at radius 2 is 2.50 bits per heavy atom. The van der Waals surface area contributed by atoms with Gasteiger partial charge >= 0.3 is 0 Å². The summed E-state index contributed by atoms with van der Waals surface area (Å²) < 4.78 is 0. The molecule has 2 rings (SSSR count). The van der Waals surface area contributed by atoms with E-state index in [9.17, 15) is 5.11 Å². The number of β-amino-alcohol motifs (C(OH)–C–C–N with tert-alkyl or cyclic N) is 1. The van der Waals surface area contributed by atoms with E-state index in [1.165, 1.54) is 0 Å². The Morgan fingerprint density at radius 3 is 3.07 bits per heavy atom. The van der Waals surface area contributed by atoms with Crippen LogP contribution in [0.15, 0.2) is 12.3 Å². The van der Waals surface area contributed by atoms with Gasteiger partial charge in [-0.05, 0) is 13.1 Å². The van der Waals surface area contributed by atoms with Crippen LogP contribution < -0.4 is 5.32 Å². The number of H-pyrrole nitrogens is 1. The standard InChI is InChI=1S/C9H16N4O/c1-13(6-7-2-3-11-12-7)8-4-10-5-9(8)14/h2-3,8-10,14H,4-6H2,1H3,(H,11,12)/t8-,9-/m1/s1. The van der Waals surface area contributed by atoms with Crippen molar-refractivity contribution in [3.8, 4) is 0 Å². The Balaban J connectivity index is 1.92. The van der Waals surface area contributed by atoms with Crippen molar-refractivity contribution < 1.29 is 5.11 Å². The monoisotopic (exact) mass is 196 g/mol. The van der Waals surface area contributed by atoms with E-state index in [0.29, 0.717) is 6.54 Å². The van der Waals surface area contributed by atoms with Crippen molar-refractivity contribution >= 4 is 0 Å². The molecule has 0 bridgehead atoms. The van der Waals surface area contributed by atoms with E-state index in [2.05, 4.69) is 20.4 Å². The summed E-state index contributed by atoms with van der Waals surface area (Å²) in [5.74, 6) is 0. The number of nitrogens with one attached hydrogen (secondary N) is 2. The van der Waals surface area contributed by atoms with Gasteiger partial charge in [0.25, 0.3) is 0 Å². The highest BCUT2D eigenvalue weighted by atomic mass is 16.3. The fraction of sp³-hybridized carbons (Fsp3) is 0.667. The SMILES string of the molecule is CN(Cc1ccn[nH]1)[C@@H]1CNC[C@H]1O. The number of hydrogen-bond acceptors (Lipinski definition) is 4. The Hall–Kier alpha value is -0.910. The van der Waals surface area contributed by atoms with Gasteiger partial charge in [-0.2, -0.15) is 5.10 Å². The number of likely N-dealkylation sites (N-methyl/N-ethyl adjacent to an activating group) is 1. The topological polar surface area (TPSA) is 64.2 Å².